The quantitative estimate of drug-likeness (QED) is 0.143. The van der Waals surface area contributed by atoms with Crippen LogP contribution in [-0.4, -0.2) is 14.5 Å². The topological polar surface area (TPSA) is 78.0 Å². The van der Waals surface area contributed by atoms with Crippen LogP contribution in [-0.2, 0) is 24.1 Å². The molecular weight excluding hydrogens is 446 g/mol. The fourth-order valence-corrected chi connectivity index (χ4v) is 6.37. The van der Waals surface area contributed by atoms with E-state index in [-0.39, 0.29) is 16.7 Å². The van der Waals surface area contributed by atoms with E-state index >= 15 is 0 Å². The van der Waals surface area contributed by atoms with Gasteiger partial charge in [0.05, 0.1) is 16.2 Å². The van der Waals surface area contributed by atoms with Gasteiger partial charge in [0.1, 0.15) is 0 Å². The van der Waals surface area contributed by atoms with Crippen LogP contribution in [0.25, 0.3) is 11.3 Å². The first kappa shape index (κ1) is 22.6. The molecule has 0 aliphatic heterocycles. The Hall–Kier alpha value is -3.19. The van der Waals surface area contributed by atoms with Crippen LogP contribution in [0.4, 0.5) is 5.69 Å². The lowest BCUT2D eigenvalue weighted by atomic mass is 9.68. The first-order chi connectivity index (χ1) is 16.4. The predicted molar refractivity (Wildman–Crippen MR) is 135 cm³/mol. The summed E-state index contributed by atoms with van der Waals surface area (Å²) < 4.78 is 1.78. The molecule has 2 aliphatic carbocycles. The minimum atomic E-state index is -0.400. The van der Waals surface area contributed by atoms with Crippen LogP contribution in [0.1, 0.15) is 49.3 Å². The second kappa shape index (κ2) is 8.87. The van der Waals surface area contributed by atoms with Crippen molar-refractivity contribution in [3.05, 3.63) is 97.8 Å². The molecule has 1 heterocycles. The maximum absolute atomic E-state index is 14.1. The van der Waals surface area contributed by atoms with Gasteiger partial charge in [-0.1, -0.05) is 73.2 Å². The van der Waals surface area contributed by atoms with Crippen molar-refractivity contribution in [1.82, 2.24) is 9.55 Å². The van der Waals surface area contributed by atoms with Crippen molar-refractivity contribution in [2.75, 3.05) is 0 Å². The van der Waals surface area contributed by atoms with Gasteiger partial charge < -0.3 is 0 Å². The third-order valence-corrected chi connectivity index (χ3v) is 8.02. The van der Waals surface area contributed by atoms with E-state index in [1.807, 2.05) is 13.0 Å². The Kier molecular flexibility index (Phi) is 5.90. The second-order valence-electron chi connectivity index (χ2n) is 9.50. The maximum Gasteiger partial charge on any atom is 0.269 e. The molecule has 2 aromatic carbocycles. The van der Waals surface area contributed by atoms with Crippen molar-refractivity contribution in [3.63, 3.8) is 0 Å². The normalized spacial score (nSPS) is 15.7. The summed E-state index contributed by atoms with van der Waals surface area (Å²) in [5, 5.41) is 11.6. The van der Waals surface area contributed by atoms with Gasteiger partial charge in [-0.3, -0.25) is 19.5 Å². The van der Waals surface area contributed by atoms with Crippen molar-refractivity contribution >= 4 is 17.4 Å². The molecule has 174 valence electrons. The number of nitro groups is 1. The number of allylic oxidation sites excluding steroid dienone is 1. The van der Waals surface area contributed by atoms with Gasteiger partial charge in [0, 0.05) is 35.4 Å². The summed E-state index contributed by atoms with van der Waals surface area (Å²) in [6.45, 7) is 6.41. The SMILES string of the molecule is C=C(C)Cn1c(SCc2ccc([N+](=O)[O-])cc2)nc2c(c1=O)C1(CCCC1)Cc1ccccc1-2. The summed E-state index contributed by atoms with van der Waals surface area (Å²) in [5.74, 6) is 0.562. The van der Waals surface area contributed by atoms with Gasteiger partial charge in [0.25, 0.3) is 11.2 Å². The van der Waals surface area contributed by atoms with Gasteiger partial charge in [-0.25, -0.2) is 4.98 Å². The Labute approximate surface area is 202 Å². The van der Waals surface area contributed by atoms with Gasteiger partial charge in [0.15, 0.2) is 5.16 Å². The molecule has 0 N–H and O–H groups in total. The van der Waals surface area contributed by atoms with Crippen LogP contribution in [0.15, 0.2) is 70.6 Å². The van der Waals surface area contributed by atoms with Gasteiger partial charge in [0.2, 0.25) is 0 Å². The molecule has 6 nitrogen and oxygen atoms in total. The standard InChI is InChI=1S/C27H27N3O3S/c1-18(2)16-29-25(31)23-24(22-8-4-3-7-20(22)15-27(23)13-5-6-14-27)28-26(29)34-17-19-9-11-21(12-10-19)30(32)33/h3-4,7-12H,1,5-6,13-17H2,2H3. The molecule has 34 heavy (non-hydrogen) atoms. The number of nitro benzene ring substituents is 1. The highest BCUT2D eigenvalue weighted by atomic mass is 32.2. The monoisotopic (exact) mass is 473 g/mol. The molecule has 0 unspecified atom stereocenters. The highest BCUT2D eigenvalue weighted by molar-refractivity contribution is 7.98. The second-order valence-corrected chi connectivity index (χ2v) is 10.4. The van der Waals surface area contributed by atoms with Crippen molar-refractivity contribution in [2.45, 2.75) is 61.9 Å². The van der Waals surface area contributed by atoms with Crippen LogP contribution in [0, 0.1) is 10.1 Å². The maximum atomic E-state index is 14.1. The zero-order valence-corrected chi connectivity index (χ0v) is 20.1. The van der Waals surface area contributed by atoms with Crippen LogP contribution in [0.5, 0.6) is 0 Å². The number of benzene rings is 2. The lowest BCUT2D eigenvalue weighted by Gasteiger charge is -2.36. The fourth-order valence-electron chi connectivity index (χ4n) is 5.43. The van der Waals surface area contributed by atoms with E-state index in [2.05, 4.69) is 24.8 Å². The Morgan fingerprint density at radius 1 is 1.18 bits per heavy atom. The Morgan fingerprint density at radius 2 is 1.88 bits per heavy atom. The molecule has 0 bridgehead atoms. The van der Waals surface area contributed by atoms with E-state index in [1.165, 1.54) is 29.5 Å². The molecule has 5 rings (SSSR count). The summed E-state index contributed by atoms with van der Waals surface area (Å²) in [7, 11) is 0. The molecule has 1 aromatic heterocycles. The van der Waals surface area contributed by atoms with Crippen LogP contribution in [0.2, 0.25) is 0 Å². The minimum Gasteiger partial charge on any atom is -0.283 e. The molecule has 0 atom stereocenters. The highest BCUT2D eigenvalue weighted by Crippen LogP contribution is 2.50. The van der Waals surface area contributed by atoms with Crippen LogP contribution < -0.4 is 5.56 Å². The number of rotatable bonds is 6. The third kappa shape index (κ3) is 3.98. The number of hydrogen-bond acceptors (Lipinski definition) is 5. The van der Waals surface area contributed by atoms with E-state index in [9.17, 15) is 14.9 Å². The van der Waals surface area contributed by atoms with Gasteiger partial charge in [-0.05, 0) is 37.3 Å². The lowest BCUT2D eigenvalue weighted by Crippen LogP contribution is -2.40. The summed E-state index contributed by atoms with van der Waals surface area (Å²) in [4.78, 5) is 29.8. The number of thioether (sulfide) groups is 1. The predicted octanol–water partition coefficient (Wildman–Crippen LogP) is 6.05. The molecule has 1 fully saturated rings. The molecule has 0 amide bonds. The molecular formula is C27H27N3O3S. The fraction of sp³-hybridized carbons (Fsp3) is 0.333. The van der Waals surface area contributed by atoms with E-state index < -0.39 is 4.92 Å². The van der Waals surface area contributed by atoms with Crippen molar-refractivity contribution in [2.24, 2.45) is 0 Å². The number of nitrogens with zero attached hydrogens (tertiary/aromatic N) is 3. The third-order valence-electron chi connectivity index (χ3n) is 6.97. The van der Waals surface area contributed by atoms with E-state index in [4.69, 9.17) is 4.98 Å². The highest BCUT2D eigenvalue weighted by Gasteiger charge is 2.44. The van der Waals surface area contributed by atoms with Crippen LogP contribution >= 0.6 is 11.8 Å². The zero-order chi connectivity index (χ0) is 23.9. The van der Waals surface area contributed by atoms with Crippen LogP contribution in [0.3, 0.4) is 0 Å². The molecule has 7 heteroatoms. The van der Waals surface area contributed by atoms with Gasteiger partial charge >= 0.3 is 0 Å². The molecule has 1 saturated carbocycles. The first-order valence-corrected chi connectivity index (χ1v) is 12.6. The average Bonchev–Trinajstić information content (AvgIpc) is 3.28. The minimum absolute atomic E-state index is 0.0515. The summed E-state index contributed by atoms with van der Waals surface area (Å²) >= 11 is 1.49. The Balaban J connectivity index is 1.61. The van der Waals surface area contributed by atoms with E-state index in [0.29, 0.717) is 17.5 Å². The Bertz CT molecular complexity index is 1340. The zero-order valence-electron chi connectivity index (χ0n) is 19.3. The number of non-ortho nitro benzene ring substituents is 1. The Morgan fingerprint density at radius 3 is 2.56 bits per heavy atom. The van der Waals surface area contributed by atoms with Gasteiger partial charge in [-0.2, -0.15) is 0 Å². The van der Waals surface area contributed by atoms with E-state index in [0.717, 1.165) is 60.1 Å². The molecule has 0 saturated heterocycles. The molecule has 2 aliphatic rings. The summed E-state index contributed by atoms with van der Waals surface area (Å²) in [5.41, 5.74) is 5.87. The number of aromatic nitrogens is 2. The first-order valence-electron chi connectivity index (χ1n) is 11.6. The van der Waals surface area contributed by atoms with E-state index in [1.54, 1.807) is 16.7 Å². The summed E-state index contributed by atoms with van der Waals surface area (Å²) in [6, 6.07) is 14.9. The number of fused-ring (bicyclic) bond motifs is 4. The van der Waals surface area contributed by atoms with Crippen molar-refractivity contribution < 1.29 is 4.92 Å². The van der Waals surface area contributed by atoms with Crippen molar-refractivity contribution in [1.29, 1.82) is 0 Å². The lowest BCUT2D eigenvalue weighted by molar-refractivity contribution is -0.384. The van der Waals surface area contributed by atoms with Crippen molar-refractivity contribution in [3.8, 4) is 11.3 Å². The molecule has 1 spiro atoms. The average molecular weight is 474 g/mol. The smallest absolute Gasteiger partial charge is 0.269 e. The molecule has 0 radical (unpaired) electrons. The molecule has 3 aromatic rings. The number of hydrogen-bond donors (Lipinski definition) is 0. The summed E-state index contributed by atoms with van der Waals surface area (Å²) in [6.07, 6.45) is 5.22. The largest absolute Gasteiger partial charge is 0.283 e. The van der Waals surface area contributed by atoms with Gasteiger partial charge in [-0.15, -0.1) is 0 Å².